The Balaban J connectivity index is 2.02. The lowest BCUT2D eigenvalue weighted by Crippen LogP contribution is -2.33. The molecule has 206 valence electrons. The van der Waals surface area contributed by atoms with Gasteiger partial charge in [-0.05, 0) is 61.0 Å². The number of carbonyl (C=O) groups excluding carboxylic acids is 1. The fraction of sp³-hybridized carbons (Fsp3) is 0.375. The quantitative estimate of drug-likeness (QED) is 0.343. The van der Waals surface area contributed by atoms with Crippen LogP contribution in [0.5, 0.6) is 0 Å². The number of primary sulfonamides is 1. The van der Waals surface area contributed by atoms with Gasteiger partial charge in [-0.25, -0.2) is 22.3 Å². The second kappa shape index (κ2) is 10.5. The fourth-order valence-electron chi connectivity index (χ4n) is 3.69. The van der Waals surface area contributed by atoms with Crippen LogP contribution in [0.25, 0.3) is 0 Å². The minimum Gasteiger partial charge on any atom is -0.417 e. The van der Waals surface area contributed by atoms with Crippen molar-refractivity contribution in [3.05, 3.63) is 59.2 Å². The van der Waals surface area contributed by atoms with Crippen LogP contribution in [0, 0.1) is 17.0 Å². The van der Waals surface area contributed by atoms with Crippen LogP contribution < -0.4 is 16.2 Å². The molecule has 2 aromatic carbocycles. The monoisotopic (exact) mass is 566 g/mol. The molecule has 3 rings (SSSR count). The van der Waals surface area contributed by atoms with Crippen LogP contribution in [-0.2, 0) is 14.4 Å². The minimum absolute atomic E-state index is 0.132. The molecule has 1 heterocycles. The van der Waals surface area contributed by atoms with Crippen LogP contribution in [0.1, 0.15) is 42.6 Å². The third-order valence-electron chi connectivity index (χ3n) is 5.69. The van der Waals surface area contributed by atoms with E-state index in [-0.39, 0.29) is 29.0 Å². The fourth-order valence-corrected chi connectivity index (χ4v) is 4.87. The topological polar surface area (TPSA) is 155 Å². The van der Waals surface area contributed by atoms with Gasteiger partial charge < -0.3 is 15.5 Å². The van der Waals surface area contributed by atoms with Gasteiger partial charge in [0, 0.05) is 18.2 Å². The molecule has 3 aromatic rings. The number of hydrogen-bond acceptors (Lipinski definition) is 8. The maximum atomic E-state index is 15.9. The van der Waals surface area contributed by atoms with Crippen molar-refractivity contribution in [3.63, 3.8) is 0 Å². The Morgan fingerprint density at radius 2 is 1.74 bits per heavy atom. The number of sulfonamides is 1. The number of nitrogens with zero attached hydrogens (tertiary/aromatic N) is 3. The molecule has 0 radical (unpaired) electrons. The molecular formula is C24H32F2N6O4SSi. The van der Waals surface area contributed by atoms with Gasteiger partial charge in [-0.1, -0.05) is 26.8 Å². The van der Waals surface area contributed by atoms with Crippen molar-refractivity contribution >= 4 is 41.8 Å². The van der Waals surface area contributed by atoms with Crippen molar-refractivity contribution in [2.45, 2.75) is 51.2 Å². The number of hydrogen-bond donors (Lipinski definition) is 3. The SMILES string of the molecule is CC(C)(C)C(CO[Si](C)(C)C)c1ccc(F)c(C(=O)n2nc(N)nc2Nc2ccc(S(N)(=O)=O)cc2)c1F. The van der Waals surface area contributed by atoms with Gasteiger partial charge >= 0.3 is 0 Å². The zero-order valence-corrected chi connectivity index (χ0v) is 23.9. The first-order valence-corrected chi connectivity index (χ1v) is 16.6. The summed E-state index contributed by atoms with van der Waals surface area (Å²) in [6.45, 7) is 12.0. The average molecular weight is 567 g/mol. The highest BCUT2D eigenvalue weighted by Gasteiger charge is 2.34. The van der Waals surface area contributed by atoms with Gasteiger partial charge in [0.2, 0.25) is 21.9 Å². The van der Waals surface area contributed by atoms with E-state index in [9.17, 15) is 17.6 Å². The van der Waals surface area contributed by atoms with Crippen molar-refractivity contribution in [3.8, 4) is 0 Å². The summed E-state index contributed by atoms with van der Waals surface area (Å²) in [6, 6.07) is 7.58. The molecule has 0 saturated heterocycles. The van der Waals surface area contributed by atoms with E-state index in [1.54, 1.807) is 0 Å². The number of benzene rings is 2. The van der Waals surface area contributed by atoms with Gasteiger partial charge in [0.1, 0.15) is 17.2 Å². The standard InChI is InChI=1S/C24H32F2N6O4SSi/c1-24(2,3)17(13-36-38(4,5)6)16-11-12-18(25)19(20(16)26)21(33)32-23(30-22(27)31-32)29-14-7-9-15(10-8-14)37(28,34)35/h7-12,17H,13H2,1-6H3,(H2,28,34,35)(H3,27,29,30,31). The highest BCUT2D eigenvalue weighted by molar-refractivity contribution is 7.89. The Labute approximate surface area is 221 Å². The third-order valence-corrected chi connectivity index (χ3v) is 7.66. The largest absolute Gasteiger partial charge is 0.417 e. The first-order chi connectivity index (χ1) is 17.4. The normalized spacial score (nSPS) is 13.4. The average Bonchev–Trinajstić information content (AvgIpc) is 3.13. The van der Waals surface area contributed by atoms with Crippen molar-refractivity contribution in [2.24, 2.45) is 10.6 Å². The number of rotatable bonds is 8. The molecule has 5 N–H and O–H groups in total. The van der Waals surface area contributed by atoms with Crippen molar-refractivity contribution < 1.29 is 26.4 Å². The molecule has 10 nitrogen and oxygen atoms in total. The maximum absolute atomic E-state index is 15.9. The number of anilines is 3. The van der Waals surface area contributed by atoms with Crippen molar-refractivity contribution in [1.82, 2.24) is 14.8 Å². The summed E-state index contributed by atoms with van der Waals surface area (Å²) in [6.07, 6.45) is 0. The lowest BCUT2D eigenvalue weighted by molar-refractivity contribution is 0.0938. The molecule has 1 aromatic heterocycles. The lowest BCUT2D eigenvalue weighted by atomic mass is 9.76. The Hall–Kier alpha value is -3.20. The molecule has 0 spiro atoms. The molecule has 0 aliphatic rings. The summed E-state index contributed by atoms with van der Waals surface area (Å²) < 4.78 is 60.5. The molecule has 0 saturated carbocycles. The first kappa shape index (κ1) is 29.4. The molecule has 0 fully saturated rings. The van der Waals surface area contributed by atoms with Gasteiger partial charge in [-0.15, -0.1) is 5.10 Å². The Bertz CT molecular complexity index is 1450. The third kappa shape index (κ3) is 6.81. The molecular weight excluding hydrogens is 534 g/mol. The van der Waals surface area contributed by atoms with E-state index in [2.05, 4.69) is 15.4 Å². The van der Waals surface area contributed by atoms with Gasteiger partial charge in [0.25, 0.3) is 5.91 Å². The predicted octanol–water partition coefficient (Wildman–Crippen LogP) is 4.20. The molecule has 1 unspecified atom stereocenters. The second-order valence-electron chi connectivity index (χ2n) is 10.9. The summed E-state index contributed by atoms with van der Waals surface area (Å²) in [4.78, 5) is 17.2. The number of nitrogen functional groups attached to an aromatic ring is 1. The van der Waals surface area contributed by atoms with E-state index in [0.717, 1.165) is 6.07 Å². The molecule has 38 heavy (non-hydrogen) atoms. The van der Waals surface area contributed by atoms with E-state index >= 15 is 4.39 Å². The number of aromatic nitrogens is 3. The Morgan fingerprint density at radius 1 is 1.13 bits per heavy atom. The number of nitrogens with two attached hydrogens (primary N) is 2. The van der Waals surface area contributed by atoms with E-state index < -0.39 is 52.8 Å². The highest BCUT2D eigenvalue weighted by atomic mass is 32.2. The second-order valence-corrected chi connectivity index (χ2v) is 16.9. The molecule has 14 heteroatoms. The van der Waals surface area contributed by atoms with Gasteiger partial charge in [-0.3, -0.25) is 4.79 Å². The number of halogens is 2. The highest BCUT2D eigenvalue weighted by Crippen LogP contribution is 2.38. The smallest absolute Gasteiger partial charge is 0.287 e. The summed E-state index contributed by atoms with van der Waals surface area (Å²) in [5, 5.41) is 11.7. The maximum Gasteiger partial charge on any atom is 0.287 e. The van der Waals surface area contributed by atoms with Crippen LogP contribution in [0.15, 0.2) is 41.3 Å². The zero-order chi connectivity index (χ0) is 28.6. The Kier molecular flexibility index (Phi) is 8.12. The molecule has 0 aliphatic carbocycles. The number of carbonyl (C=O) groups is 1. The van der Waals surface area contributed by atoms with Crippen LogP contribution in [0.2, 0.25) is 19.6 Å². The van der Waals surface area contributed by atoms with E-state index in [1.807, 2.05) is 40.4 Å². The summed E-state index contributed by atoms with van der Waals surface area (Å²) in [5.41, 5.74) is 4.84. The summed E-state index contributed by atoms with van der Waals surface area (Å²) in [7, 11) is -5.87. The van der Waals surface area contributed by atoms with Gasteiger partial charge in [-0.2, -0.15) is 9.67 Å². The molecule has 0 amide bonds. The first-order valence-electron chi connectivity index (χ1n) is 11.7. The number of nitrogens with one attached hydrogen (secondary N) is 1. The minimum atomic E-state index is -3.92. The van der Waals surface area contributed by atoms with E-state index in [0.29, 0.717) is 10.4 Å². The van der Waals surface area contributed by atoms with Crippen LogP contribution >= 0.6 is 0 Å². The van der Waals surface area contributed by atoms with Crippen molar-refractivity contribution in [1.29, 1.82) is 0 Å². The summed E-state index contributed by atoms with van der Waals surface area (Å²) >= 11 is 0. The van der Waals surface area contributed by atoms with Gasteiger partial charge in [0.05, 0.1) is 4.90 Å². The van der Waals surface area contributed by atoms with Crippen LogP contribution in [-0.4, -0.2) is 44.0 Å². The van der Waals surface area contributed by atoms with E-state index in [1.165, 1.54) is 30.3 Å². The van der Waals surface area contributed by atoms with E-state index in [4.69, 9.17) is 15.3 Å². The molecule has 0 aliphatic heterocycles. The van der Waals surface area contributed by atoms with Gasteiger partial charge in [0.15, 0.2) is 8.32 Å². The molecule has 0 bridgehead atoms. The van der Waals surface area contributed by atoms with Crippen LogP contribution in [0.3, 0.4) is 0 Å². The van der Waals surface area contributed by atoms with Crippen molar-refractivity contribution in [2.75, 3.05) is 17.7 Å². The predicted molar refractivity (Wildman–Crippen MR) is 143 cm³/mol. The Morgan fingerprint density at radius 3 is 2.26 bits per heavy atom. The molecule has 1 atom stereocenters. The van der Waals surface area contributed by atoms with Crippen LogP contribution in [0.4, 0.5) is 26.4 Å². The lowest BCUT2D eigenvalue weighted by Gasteiger charge is -2.34. The summed E-state index contributed by atoms with van der Waals surface area (Å²) in [5.74, 6) is -4.26. The zero-order valence-electron chi connectivity index (χ0n) is 22.0.